The molecule has 9 heteroatoms. The highest BCUT2D eigenvalue weighted by molar-refractivity contribution is 7.91. The zero-order valence-corrected chi connectivity index (χ0v) is 17.1. The van der Waals surface area contributed by atoms with Gasteiger partial charge in [-0.1, -0.05) is 0 Å². The van der Waals surface area contributed by atoms with Gasteiger partial charge in [0.2, 0.25) is 0 Å². The molecule has 1 aliphatic heterocycles. The molecule has 1 N–H and O–H groups in total. The molecule has 1 saturated heterocycles. The van der Waals surface area contributed by atoms with Crippen LogP contribution in [0.25, 0.3) is 0 Å². The number of aryl methyl sites for hydroxylation is 1. The summed E-state index contributed by atoms with van der Waals surface area (Å²) in [5.41, 5.74) is 1.63. The Kier molecular flexibility index (Phi) is 6.14. The molecule has 2 heterocycles. The number of hydrogen-bond donors (Lipinski definition) is 1. The maximum Gasteiger partial charge on any atom is 0.355 e. The number of esters is 1. The number of H-pyrrole nitrogens is 1. The number of carbonyl (C=O) groups is 3. The minimum Gasteiger partial charge on any atom is -0.448 e. The minimum atomic E-state index is -3.13. The molecular formula is C18H26N2O6S. The third-order valence-corrected chi connectivity index (χ3v) is 6.65. The van der Waals surface area contributed by atoms with E-state index in [0.717, 1.165) is 0 Å². The van der Waals surface area contributed by atoms with Crippen LogP contribution in [-0.4, -0.2) is 66.2 Å². The van der Waals surface area contributed by atoms with Gasteiger partial charge in [-0.05, 0) is 46.6 Å². The number of nitrogens with one attached hydrogen (secondary N) is 1. The van der Waals surface area contributed by atoms with Crippen LogP contribution in [-0.2, 0) is 19.4 Å². The van der Waals surface area contributed by atoms with Crippen LogP contribution in [0, 0.1) is 13.8 Å². The fraction of sp³-hybridized carbons (Fsp3) is 0.611. The van der Waals surface area contributed by atoms with E-state index < -0.39 is 33.9 Å². The number of likely N-dealkylation sites (N-methyl/N-ethyl adjacent to an activating group) is 1. The highest BCUT2D eigenvalue weighted by Crippen LogP contribution is 2.21. The first-order chi connectivity index (χ1) is 12.5. The van der Waals surface area contributed by atoms with E-state index in [0.29, 0.717) is 29.8 Å². The van der Waals surface area contributed by atoms with Crippen molar-refractivity contribution in [2.75, 3.05) is 18.1 Å². The Morgan fingerprint density at radius 3 is 2.37 bits per heavy atom. The van der Waals surface area contributed by atoms with Crippen LogP contribution in [0.4, 0.5) is 0 Å². The second-order valence-electron chi connectivity index (χ2n) is 6.91. The lowest BCUT2D eigenvalue weighted by molar-refractivity contribution is -0.141. The SMILES string of the molecule is CCN(C(=O)[C@H](C)OC(=O)c1[nH]c(C)c(C(C)=O)c1C)[C@@H]1CCS(=O)(=O)C1. The number of aromatic amines is 1. The summed E-state index contributed by atoms with van der Waals surface area (Å²) in [6, 6.07) is -0.396. The Bertz CT molecular complexity index is 871. The summed E-state index contributed by atoms with van der Waals surface area (Å²) >= 11 is 0. The maximum atomic E-state index is 12.7. The summed E-state index contributed by atoms with van der Waals surface area (Å²) in [4.78, 5) is 41.2. The number of aromatic nitrogens is 1. The highest BCUT2D eigenvalue weighted by atomic mass is 32.2. The van der Waals surface area contributed by atoms with Crippen molar-refractivity contribution < 1.29 is 27.5 Å². The molecule has 2 rings (SSSR count). The van der Waals surface area contributed by atoms with E-state index >= 15 is 0 Å². The van der Waals surface area contributed by atoms with E-state index in [1.807, 2.05) is 0 Å². The first-order valence-electron chi connectivity index (χ1n) is 8.90. The van der Waals surface area contributed by atoms with Gasteiger partial charge in [0.05, 0.1) is 11.5 Å². The van der Waals surface area contributed by atoms with Crippen LogP contribution in [0.3, 0.4) is 0 Å². The van der Waals surface area contributed by atoms with Crippen LogP contribution in [0.2, 0.25) is 0 Å². The number of nitrogens with zero attached hydrogens (tertiary/aromatic N) is 1. The van der Waals surface area contributed by atoms with Gasteiger partial charge >= 0.3 is 5.97 Å². The van der Waals surface area contributed by atoms with Gasteiger partial charge < -0.3 is 14.6 Å². The summed E-state index contributed by atoms with van der Waals surface area (Å²) in [5.74, 6) is -1.32. The van der Waals surface area contributed by atoms with Crippen molar-refractivity contribution in [3.8, 4) is 0 Å². The average molecular weight is 398 g/mol. The Morgan fingerprint density at radius 2 is 1.93 bits per heavy atom. The Balaban J connectivity index is 2.13. The molecular weight excluding hydrogens is 372 g/mol. The van der Waals surface area contributed by atoms with E-state index in [2.05, 4.69) is 4.98 Å². The van der Waals surface area contributed by atoms with Crippen LogP contribution in [0.15, 0.2) is 0 Å². The average Bonchev–Trinajstić information content (AvgIpc) is 3.06. The number of ketones is 1. The molecule has 1 aromatic rings. The van der Waals surface area contributed by atoms with Crippen LogP contribution in [0.5, 0.6) is 0 Å². The number of sulfone groups is 1. The summed E-state index contributed by atoms with van der Waals surface area (Å²) in [6.07, 6.45) is -0.677. The quantitative estimate of drug-likeness (QED) is 0.573. The molecule has 0 aromatic carbocycles. The Morgan fingerprint density at radius 1 is 1.30 bits per heavy atom. The summed E-state index contributed by atoms with van der Waals surface area (Å²) < 4.78 is 28.7. The van der Waals surface area contributed by atoms with Crippen molar-refractivity contribution in [1.29, 1.82) is 0 Å². The van der Waals surface area contributed by atoms with Crippen molar-refractivity contribution in [3.05, 3.63) is 22.5 Å². The van der Waals surface area contributed by atoms with Crippen LogP contribution in [0.1, 0.15) is 59.3 Å². The van der Waals surface area contributed by atoms with Gasteiger partial charge in [0.15, 0.2) is 21.7 Å². The van der Waals surface area contributed by atoms with Crippen LogP contribution < -0.4 is 0 Å². The summed E-state index contributed by atoms with van der Waals surface area (Å²) in [7, 11) is -3.13. The fourth-order valence-corrected chi connectivity index (χ4v) is 5.33. The predicted molar refractivity (Wildman–Crippen MR) is 99.6 cm³/mol. The maximum absolute atomic E-state index is 12.7. The lowest BCUT2D eigenvalue weighted by Gasteiger charge is -2.29. The fourth-order valence-electron chi connectivity index (χ4n) is 3.60. The van der Waals surface area contributed by atoms with Crippen molar-refractivity contribution in [3.63, 3.8) is 0 Å². The number of carbonyl (C=O) groups excluding carboxylic acids is 3. The Hall–Kier alpha value is -2.16. The third kappa shape index (κ3) is 4.40. The second-order valence-corrected chi connectivity index (χ2v) is 9.14. The lowest BCUT2D eigenvalue weighted by Crippen LogP contribution is -2.46. The van der Waals surface area contributed by atoms with Gasteiger partial charge in [0.1, 0.15) is 5.69 Å². The van der Waals surface area contributed by atoms with E-state index in [1.54, 1.807) is 20.8 Å². The van der Waals surface area contributed by atoms with E-state index in [1.165, 1.54) is 18.7 Å². The zero-order valence-electron chi connectivity index (χ0n) is 16.3. The molecule has 0 spiro atoms. The third-order valence-electron chi connectivity index (χ3n) is 4.90. The van der Waals surface area contributed by atoms with Gasteiger partial charge in [0.25, 0.3) is 5.91 Å². The predicted octanol–water partition coefficient (Wildman–Crippen LogP) is 1.42. The van der Waals surface area contributed by atoms with Crippen molar-refractivity contribution in [2.24, 2.45) is 0 Å². The first kappa shape index (κ1) is 21.1. The highest BCUT2D eigenvalue weighted by Gasteiger charge is 2.36. The first-order valence-corrected chi connectivity index (χ1v) is 10.7. The molecule has 1 aliphatic rings. The molecule has 0 unspecified atom stereocenters. The lowest BCUT2D eigenvalue weighted by atomic mass is 10.1. The molecule has 2 atom stereocenters. The van der Waals surface area contributed by atoms with Gasteiger partial charge in [-0.2, -0.15) is 0 Å². The topological polar surface area (TPSA) is 114 Å². The van der Waals surface area contributed by atoms with Gasteiger partial charge in [-0.25, -0.2) is 13.2 Å². The molecule has 150 valence electrons. The van der Waals surface area contributed by atoms with Crippen LogP contribution >= 0.6 is 0 Å². The Labute approximate surface area is 159 Å². The molecule has 0 radical (unpaired) electrons. The summed E-state index contributed by atoms with van der Waals surface area (Å²) in [5, 5.41) is 0. The normalized spacial score (nSPS) is 19.5. The number of Topliss-reactive ketones (excluding diaryl/α,β-unsaturated/α-hetero) is 1. The van der Waals surface area contributed by atoms with Crippen molar-refractivity contribution >= 4 is 27.5 Å². The van der Waals surface area contributed by atoms with Crippen molar-refractivity contribution in [1.82, 2.24) is 9.88 Å². The summed E-state index contributed by atoms with van der Waals surface area (Å²) in [6.45, 7) is 8.30. The molecule has 1 aromatic heterocycles. The molecule has 0 aliphatic carbocycles. The van der Waals surface area contributed by atoms with E-state index in [-0.39, 0.29) is 23.0 Å². The number of amides is 1. The standard InChI is InChI=1S/C18H26N2O6S/c1-6-20(14-7-8-27(24,25)9-14)17(22)13(5)26-18(23)16-10(2)15(12(4)21)11(3)19-16/h13-14,19H,6-9H2,1-5H3/t13-,14+/m0/s1. The molecule has 0 bridgehead atoms. The van der Waals surface area contributed by atoms with Gasteiger partial charge in [0, 0.05) is 23.8 Å². The van der Waals surface area contributed by atoms with Gasteiger partial charge in [-0.3, -0.25) is 9.59 Å². The van der Waals surface area contributed by atoms with Crippen molar-refractivity contribution in [2.45, 2.75) is 53.2 Å². The second kappa shape index (κ2) is 7.84. The minimum absolute atomic E-state index is 0.0599. The molecule has 1 amide bonds. The van der Waals surface area contributed by atoms with E-state index in [9.17, 15) is 22.8 Å². The van der Waals surface area contributed by atoms with Gasteiger partial charge in [-0.15, -0.1) is 0 Å². The molecule has 1 fully saturated rings. The number of ether oxygens (including phenoxy) is 1. The molecule has 8 nitrogen and oxygen atoms in total. The number of hydrogen-bond acceptors (Lipinski definition) is 6. The monoisotopic (exact) mass is 398 g/mol. The number of rotatable bonds is 6. The largest absolute Gasteiger partial charge is 0.448 e. The molecule has 0 saturated carbocycles. The molecule has 27 heavy (non-hydrogen) atoms. The zero-order chi connectivity index (χ0) is 20.5. The smallest absolute Gasteiger partial charge is 0.355 e. The van der Waals surface area contributed by atoms with E-state index in [4.69, 9.17) is 4.74 Å².